The number of amides is 1. The second-order valence-corrected chi connectivity index (χ2v) is 4.57. The van der Waals surface area contributed by atoms with Crippen LogP contribution in [-0.4, -0.2) is 56.2 Å². The van der Waals surface area contributed by atoms with E-state index in [0.29, 0.717) is 0 Å². The molecule has 1 aliphatic rings. The molecule has 0 saturated carbocycles. The number of carboxylic acids is 2. The fourth-order valence-electron chi connectivity index (χ4n) is 2.21. The van der Waals surface area contributed by atoms with E-state index in [1.165, 1.54) is 11.8 Å². The molecule has 9 nitrogen and oxygen atoms in total. The Bertz CT molecular complexity index is 554. The maximum atomic E-state index is 12.1. The summed E-state index contributed by atoms with van der Waals surface area (Å²) in [7, 11) is 0. The van der Waals surface area contributed by atoms with Crippen LogP contribution in [0, 0.1) is 18.8 Å². The van der Waals surface area contributed by atoms with E-state index in [1.54, 1.807) is 0 Å². The molecule has 1 fully saturated rings. The summed E-state index contributed by atoms with van der Waals surface area (Å²) in [5.74, 6) is -5.03. The number of hydrogen-bond donors (Lipinski definition) is 2. The molecule has 2 unspecified atom stereocenters. The highest BCUT2D eigenvalue weighted by molar-refractivity contribution is 5.91. The second-order valence-electron chi connectivity index (χ2n) is 4.57. The minimum Gasteiger partial charge on any atom is -0.481 e. The van der Waals surface area contributed by atoms with Gasteiger partial charge in [0.2, 0.25) is 5.89 Å². The van der Waals surface area contributed by atoms with Gasteiger partial charge in [-0.25, -0.2) is 0 Å². The largest absolute Gasteiger partial charge is 0.481 e. The van der Waals surface area contributed by atoms with Crippen LogP contribution in [0.5, 0.6) is 0 Å². The minimum atomic E-state index is -1.24. The quantitative estimate of drug-likeness (QED) is 0.767. The van der Waals surface area contributed by atoms with Crippen LogP contribution in [0.4, 0.5) is 0 Å². The maximum Gasteiger partial charge on any atom is 0.309 e. The van der Waals surface area contributed by atoms with Gasteiger partial charge in [-0.05, 0) is 6.42 Å². The smallest absolute Gasteiger partial charge is 0.309 e. The van der Waals surface area contributed by atoms with Crippen molar-refractivity contribution in [2.75, 3.05) is 13.1 Å². The fraction of sp³-hybridized carbons (Fsp3) is 0.545. The molecule has 2 rings (SSSR count). The summed E-state index contributed by atoms with van der Waals surface area (Å²) in [6, 6.07) is 0. The van der Waals surface area contributed by atoms with Crippen molar-refractivity contribution < 1.29 is 29.1 Å². The van der Waals surface area contributed by atoms with Gasteiger partial charge in [0.1, 0.15) is 0 Å². The molecule has 0 radical (unpaired) electrons. The highest BCUT2D eigenvalue weighted by atomic mass is 16.5. The molecular weight excluding hydrogens is 270 g/mol. The van der Waals surface area contributed by atoms with Gasteiger partial charge in [-0.1, -0.05) is 5.16 Å². The molecule has 0 spiro atoms. The predicted octanol–water partition coefficient (Wildman–Crippen LogP) is -0.374. The zero-order chi connectivity index (χ0) is 14.9. The number of aromatic nitrogens is 2. The van der Waals surface area contributed by atoms with E-state index in [9.17, 15) is 14.4 Å². The Morgan fingerprint density at radius 1 is 1.25 bits per heavy atom. The number of carboxylic acid groups (broad SMARTS) is 2. The monoisotopic (exact) mass is 283 g/mol. The average molecular weight is 283 g/mol. The molecule has 1 amide bonds. The predicted molar refractivity (Wildman–Crippen MR) is 61.8 cm³/mol. The average Bonchev–Trinajstić information content (AvgIpc) is 2.83. The zero-order valence-corrected chi connectivity index (χ0v) is 10.6. The van der Waals surface area contributed by atoms with Gasteiger partial charge in [-0.2, -0.15) is 4.98 Å². The molecule has 9 heteroatoms. The van der Waals surface area contributed by atoms with Gasteiger partial charge in [-0.3, -0.25) is 14.4 Å². The van der Waals surface area contributed by atoms with Gasteiger partial charge >= 0.3 is 11.9 Å². The van der Waals surface area contributed by atoms with Crippen LogP contribution >= 0.6 is 0 Å². The summed E-state index contributed by atoms with van der Waals surface area (Å²) in [4.78, 5) is 39.2. The molecule has 1 aliphatic heterocycles. The molecule has 2 N–H and O–H groups in total. The van der Waals surface area contributed by atoms with E-state index in [0.717, 1.165) is 0 Å². The number of carbonyl (C=O) groups excluding carboxylic acids is 1. The van der Waals surface area contributed by atoms with Gasteiger partial charge in [0, 0.05) is 20.0 Å². The van der Waals surface area contributed by atoms with E-state index in [4.69, 9.17) is 14.7 Å². The van der Waals surface area contributed by atoms with Gasteiger partial charge < -0.3 is 19.6 Å². The van der Waals surface area contributed by atoms with E-state index in [-0.39, 0.29) is 31.2 Å². The topological polar surface area (TPSA) is 134 Å². The van der Waals surface area contributed by atoms with Crippen LogP contribution in [0.25, 0.3) is 0 Å². The number of likely N-dealkylation sites (tertiary alicyclic amines) is 1. The van der Waals surface area contributed by atoms with Gasteiger partial charge in [0.05, 0.1) is 11.8 Å². The molecule has 108 valence electrons. The standard InChI is InChI=1S/C11H13N3O6/c1-5-12-8(13-20-5)9(15)14-3-2-6(10(16)17)7(4-14)11(18)19/h6-7H,2-4H2,1H3,(H,16,17)(H,18,19). The number of rotatable bonds is 3. The first kappa shape index (κ1) is 14.0. The van der Waals surface area contributed by atoms with Crippen molar-refractivity contribution in [2.45, 2.75) is 13.3 Å². The third-order valence-corrected chi connectivity index (χ3v) is 3.25. The molecule has 1 aromatic heterocycles. The summed E-state index contributed by atoms with van der Waals surface area (Å²) in [6.07, 6.45) is 0.0782. The Morgan fingerprint density at radius 3 is 2.40 bits per heavy atom. The number of piperidine rings is 1. The number of carbonyl (C=O) groups is 3. The summed E-state index contributed by atoms with van der Waals surface area (Å²) in [5, 5.41) is 21.6. The molecule has 0 bridgehead atoms. The van der Waals surface area contributed by atoms with Gasteiger partial charge in [-0.15, -0.1) is 0 Å². The minimum absolute atomic E-state index is 0.0782. The third-order valence-electron chi connectivity index (χ3n) is 3.25. The van der Waals surface area contributed by atoms with Crippen LogP contribution in [0.1, 0.15) is 22.9 Å². The first-order valence-corrected chi connectivity index (χ1v) is 5.95. The Balaban J connectivity index is 2.14. The lowest BCUT2D eigenvalue weighted by Crippen LogP contribution is -2.48. The Hall–Kier alpha value is -2.45. The van der Waals surface area contributed by atoms with Crippen molar-refractivity contribution >= 4 is 17.8 Å². The highest BCUT2D eigenvalue weighted by Crippen LogP contribution is 2.25. The molecule has 1 saturated heterocycles. The molecular formula is C11H13N3O6. The van der Waals surface area contributed by atoms with E-state index in [2.05, 4.69) is 10.1 Å². The summed E-state index contributed by atoms with van der Waals surface area (Å²) in [6.45, 7) is 1.49. The number of aliphatic carboxylic acids is 2. The Labute approximate surface area is 113 Å². The number of nitrogens with zero attached hydrogens (tertiary/aromatic N) is 3. The summed E-state index contributed by atoms with van der Waals surface area (Å²) in [5.41, 5.74) is 0. The second kappa shape index (κ2) is 5.27. The van der Waals surface area contributed by atoms with Gasteiger partial charge in [0.15, 0.2) is 0 Å². The Kier molecular flexibility index (Phi) is 3.68. The van der Waals surface area contributed by atoms with Crippen LogP contribution in [0.3, 0.4) is 0 Å². The van der Waals surface area contributed by atoms with E-state index < -0.39 is 29.7 Å². The summed E-state index contributed by atoms with van der Waals surface area (Å²) >= 11 is 0. The number of aryl methyl sites for hydroxylation is 1. The maximum absolute atomic E-state index is 12.1. The SMILES string of the molecule is Cc1nc(C(=O)N2CCC(C(=O)O)C(C(=O)O)C2)no1. The van der Waals surface area contributed by atoms with Crippen molar-refractivity contribution in [3.05, 3.63) is 11.7 Å². The highest BCUT2D eigenvalue weighted by Gasteiger charge is 2.40. The van der Waals surface area contributed by atoms with Crippen molar-refractivity contribution in [2.24, 2.45) is 11.8 Å². The van der Waals surface area contributed by atoms with Crippen LogP contribution in [0.15, 0.2) is 4.52 Å². The van der Waals surface area contributed by atoms with Crippen molar-refractivity contribution in [3.8, 4) is 0 Å². The zero-order valence-electron chi connectivity index (χ0n) is 10.6. The van der Waals surface area contributed by atoms with Crippen LogP contribution in [0.2, 0.25) is 0 Å². The molecule has 20 heavy (non-hydrogen) atoms. The van der Waals surface area contributed by atoms with Crippen LogP contribution in [-0.2, 0) is 9.59 Å². The lowest BCUT2D eigenvalue weighted by Gasteiger charge is -2.33. The first-order valence-electron chi connectivity index (χ1n) is 5.95. The fourth-order valence-corrected chi connectivity index (χ4v) is 2.21. The van der Waals surface area contributed by atoms with Gasteiger partial charge in [0.25, 0.3) is 11.7 Å². The van der Waals surface area contributed by atoms with Crippen molar-refractivity contribution in [1.29, 1.82) is 0 Å². The molecule has 0 aliphatic carbocycles. The molecule has 2 heterocycles. The normalized spacial score (nSPS) is 22.6. The first-order chi connectivity index (χ1) is 9.40. The van der Waals surface area contributed by atoms with E-state index >= 15 is 0 Å². The molecule has 2 atom stereocenters. The Morgan fingerprint density at radius 2 is 1.90 bits per heavy atom. The lowest BCUT2D eigenvalue weighted by molar-refractivity contribution is -0.156. The molecule has 1 aromatic rings. The summed E-state index contributed by atoms with van der Waals surface area (Å²) < 4.78 is 4.69. The van der Waals surface area contributed by atoms with E-state index in [1.807, 2.05) is 0 Å². The molecule has 0 aromatic carbocycles. The van der Waals surface area contributed by atoms with Crippen molar-refractivity contribution in [3.63, 3.8) is 0 Å². The number of hydrogen-bond acceptors (Lipinski definition) is 6. The van der Waals surface area contributed by atoms with Crippen molar-refractivity contribution in [1.82, 2.24) is 15.0 Å². The van der Waals surface area contributed by atoms with Crippen LogP contribution < -0.4 is 0 Å². The lowest BCUT2D eigenvalue weighted by atomic mass is 9.85. The third kappa shape index (κ3) is 2.60.